The zero-order valence-corrected chi connectivity index (χ0v) is 11.2. The highest BCUT2D eigenvalue weighted by Gasteiger charge is 2.27. The van der Waals surface area contributed by atoms with Gasteiger partial charge in [-0.2, -0.15) is 0 Å². The van der Waals surface area contributed by atoms with E-state index in [2.05, 4.69) is 11.8 Å². The Morgan fingerprint density at radius 2 is 1.89 bits per heavy atom. The van der Waals surface area contributed by atoms with Crippen LogP contribution in [-0.2, 0) is 6.54 Å². The van der Waals surface area contributed by atoms with E-state index in [4.69, 9.17) is 5.73 Å². The Bertz CT molecular complexity index is 380. The molecule has 5 heteroatoms. The molecule has 102 valence electrons. The molecule has 1 aliphatic heterocycles. The number of rotatable bonds is 3. The van der Waals surface area contributed by atoms with Crippen LogP contribution in [0.1, 0.15) is 18.9 Å². The second-order valence-electron chi connectivity index (χ2n) is 4.89. The number of hydrogen-bond donors (Lipinski definition) is 1. The van der Waals surface area contributed by atoms with Crippen molar-refractivity contribution in [3.63, 3.8) is 0 Å². The normalized spacial score (nSPS) is 24.0. The maximum absolute atomic E-state index is 13.1. The van der Waals surface area contributed by atoms with Crippen LogP contribution in [0.3, 0.4) is 0 Å². The smallest absolute Gasteiger partial charge is 0.126 e. The van der Waals surface area contributed by atoms with Gasteiger partial charge in [0, 0.05) is 25.2 Å². The summed E-state index contributed by atoms with van der Waals surface area (Å²) in [5.41, 5.74) is 6.34. The third-order valence-electron chi connectivity index (χ3n) is 3.43. The monoisotopic (exact) mass is 276 g/mol. The van der Waals surface area contributed by atoms with Gasteiger partial charge in [0.25, 0.3) is 0 Å². The van der Waals surface area contributed by atoms with E-state index >= 15 is 0 Å². The van der Waals surface area contributed by atoms with Crippen molar-refractivity contribution < 1.29 is 8.78 Å². The van der Waals surface area contributed by atoms with Gasteiger partial charge in [-0.05, 0) is 43.5 Å². The van der Waals surface area contributed by atoms with Crippen molar-refractivity contribution >= 4 is 12.4 Å². The zero-order valence-electron chi connectivity index (χ0n) is 10.4. The molecule has 0 saturated carbocycles. The van der Waals surface area contributed by atoms with Gasteiger partial charge in [-0.3, -0.25) is 4.90 Å². The van der Waals surface area contributed by atoms with Gasteiger partial charge in [-0.1, -0.05) is 0 Å². The molecule has 2 rings (SSSR count). The molecular formula is C13H19ClF2N2. The Hall–Kier alpha value is -0.710. The fourth-order valence-electron chi connectivity index (χ4n) is 2.55. The van der Waals surface area contributed by atoms with Gasteiger partial charge in [0.15, 0.2) is 0 Å². The summed E-state index contributed by atoms with van der Waals surface area (Å²) in [6, 6.07) is 4.12. The second kappa shape index (κ2) is 6.45. The molecule has 1 aliphatic rings. The fraction of sp³-hybridized carbons (Fsp3) is 0.538. The van der Waals surface area contributed by atoms with Crippen LogP contribution >= 0.6 is 12.4 Å². The van der Waals surface area contributed by atoms with Gasteiger partial charge in [0.2, 0.25) is 0 Å². The van der Waals surface area contributed by atoms with Crippen LogP contribution in [0.25, 0.3) is 0 Å². The van der Waals surface area contributed by atoms with Crippen LogP contribution in [0, 0.1) is 17.6 Å². The Balaban J connectivity index is 0.00000162. The van der Waals surface area contributed by atoms with Crippen LogP contribution in [0.15, 0.2) is 18.2 Å². The molecule has 0 spiro atoms. The van der Waals surface area contributed by atoms with Gasteiger partial charge in [0.05, 0.1) is 0 Å². The first-order valence-corrected chi connectivity index (χ1v) is 5.97. The van der Waals surface area contributed by atoms with Gasteiger partial charge < -0.3 is 5.73 Å². The summed E-state index contributed by atoms with van der Waals surface area (Å²) in [5.74, 6) is -0.521. The van der Waals surface area contributed by atoms with E-state index in [-0.39, 0.29) is 12.4 Å². The fourth-order valence-corrected chi connectivity index (χ4v) is 2.55. The van der Waals surface area contributed by atoms with E-state index < -0.39 is 11.6 Å². The number of hydrogen-bond acceptors (Lipinski definition) is 2. The molecule has 0 amide bonds. The highest BCUT2D eigenvalue weighted by atomic mass is 35.5. The van der Waals surface area contributed by atoms with Crippen molar-refractivity contribution in [3.8, 4) is 0 Å². The SMILES string of the molecule is CC1CC(CN)CN1Cc1cc(F)cc(F)c1.Cl. The molecule has 0 radical (unpaired) electrons. The lowest BCUT2D eigenvalue weighted by Gasteiger charge is -2.21. The first kappa shape index (κ1) is 15.3. The lowest BCUT2D eigenvalue weighted by molar-refractivity contribution is 0.255. The predicted octanol–water partition coefficient (Wildman–Crippen LogP) is 2.56. The van der Waals surface area contributed by atoms with Crippen LogP contribution in [0.5, 0.6) is 0 Å². The third-order valence-corrected chi connectivity index (χ3v) is 3.43. The number of halogens is 3. The molecule has 2 nitrogen and oxygen atoms in total. The number of likely N-dealkylation sites (tertiary alicyclic amines) is 1. The molecule has 2 atom stereocenters. The number of nitrogens with zero attached hydrogens (tertiary/aromatic N) is 1. The van der Waals surface area contributed by atoms with Crippen molar-refractivity contribution in [1.29, 1.82) is 0 Å². The molecule has 1 fully saturated rings. The Labute approximate surface area is 113 Å². The van der Waals surface area contributed by atoms with Crippen LogP contribution in [-0.4, -0.2) is 24.0 Å². The summed E-state index contributed by atoms with van der Waals surface area (Å²) in [6.45, 7) is 4.31. The first-order chi connectivity index (χ1) is 8.08. The molecule has 1 aromatic carbocycles. The molecule has 1 heterocycles. The van der Waals surface area contributed by atoms with E-state index in [1.54, 1.807) is 0 Å². The first-order valence-electron chi connectivity index (χ1n) is 5.97. The average molecular weight is 277 g/mol. The minimum atomic E-state index is -0.512. The second-order valence-corrected chi connectivity index (χ2v) is 4.89. The predicted molar refractivity (Wildman–Crippen MR) is 70.6 cm³/mol. The summed E-state index contributed by atoms with van der Waals surface area (Å²) >= 11 is 0. The lowest BCUT2D eigenvalue weighted by Crippen LogP contribution is -2.27. The molecule has 0 aromatic heterocycles. The van der Waals surface area contributed by atoms with Gasteiger partial charge in [-0.15, -0.1) is 12.4 Å². The van der Waals surface area contributed by atoms with E-state index in [0.717, 1.165) is 19.0 Å². The molecule has 18 heavy (non-hydrogen) atoms. The Morgan fingerprint density at radius 3 is 2.39 bits per heavy atom. The maximum Gasteiger partial charge on any atom is 0.126 e. The highest BCUT2D eigenvalue weighted by molar-refractivity contribution is 5.85. The Kier molecular flexibility index (Phi) is 5.50. The van der Waals surface area contributed by atoms with Crippen molar-refractivity contribution in [2.75, 3.05) is 13.1 Å². The summed E-state index contributed by atoms with van der Waals surface area (Å²) in [4.78, 5) is 2.23. The van der Waals surface area contributed by atoms with E-state index in [1.165, 1.54) is 12.1 Å². The largest absolute Gasteiger partial charge is 0.330 e. The Morgan fingerprint density at radius 1 is 1.28 bits per heavy atom. The topological polar surface area (TPSA) is 29.3 Å². The van der Waals surface area contributed by atoms with Gasteiger partial charge >= 0.3 is 0 Å². The quantitative estimate of drug-likeness (QED) is 0.919. The van der Waals surface area contributed by atoms with Gasteiger partial charge in [-0.25, -0.2) is 8.78 Å². The third kappa shape index (κ3) is 3.64. The molecular weight excluding hydrogens is 258 g/mol. The van der Waals surface area contributed by atoms with Crippen LogP contribution in [0.4, 0.5) is 8.78 Å². The number of benzene rings is 1. The van der Waals surface area contributed by atoms with E-state index in [0.29, 0.717) is 30.6 Å². The molecule has 0 bridgehead atoms. The minimum absolute atomic E-state index is 0. The lowest BCUT2D eigenvalue weighted by atomic mass is 10.1. The van der Waals surface area contributed by atoms with Crippen LogP contribution < -0.4 is 5.73 Å². The standard InChI is InChI=1S/C13H18F2N2.ClH/c1-9-2-11(6-16)8-17(9)7-10-3-12(14)5-13(15)4-10;/h3-5,9,11H,2,6-8,16H2,1H3;1H. The molecule has 2 unspecified atom stereocenters. The van der Waals surface area contributed by atoms with E-state index in [1.807, 2.05) is 0 Å². The van der Waals surface area contributed by atoms with E-state index in [9.17, 15) is 8.78 Å². The molecule has 1 saturated heterocycles. The van der Waals surface area contributed by atoms with Crippen molar-refractivity contribution in [2.45, 2.75) is 25.9 Å². The summed E-state index contributed by atoms with van der Waals surface area (Å²) in [6.07, 6.45) is 1.06. The number of nitrogens with two attached hydrogens (primary N) is 1. The summed E-state index contributed by atoms with van der Waals surface area (Å²) in [7, 11) is 0. The van der Waals surface area contributed by atoms with Crippen molar-refractivity contribution in [2.24, 2.45) is 11.7 Å². The summed E-state index contributed by atoms with van der Waals surface area (Å²) in [5, 5.41) is 0. The van der Waals surface area contributed by atoms with Crippen molar-refractivity contribution in [1.82, 2.24) is 4.90 Å². The molecule has 0 aliphatic carbocycles. The summed E-state index contributed by atoms with van der Waals surface area (Å²) < 4.78 is 26.1. The zero-order chi connectivity index (χ0) is 12.4. The van der Waals surface area contributed by atoms with Crippen molar-refractivity contribution in [3.05, 3.63) is 35.4 Å². The van der Waals surface area contributed by atoms with Gasteiger partial charge in [0.1, 0.15) is 11.6 Å². The molecule has 2 N–H and O–H groups in total. The minimum Gasteiger partial charge on any atom is -0.330 e. The molecule has 1 aromatic rings. The highest BCUT2D eigenvalue weighted by Crippen LogP contribution is 2.24. The maximum atomic E-state index is 13.1. The van der Waals surface area contributed by atoms with Crippen LogP contribution in [0.2, 0.25) is 0 Å². The average Bonchev–Trinajstić information content (AvgIpc) is 2.58.